The van der Waals surface area contributed by atoms with Gasteiger partial charge >= 0.3 is 0 Å². The van der Waals surface area contributed by atoms with E-state index in [4.69, 9.17) is 0 Å². The molecule has 2 heterocycles. The Balaban J connectivity index is 1.22. The van der Waals surface area contributed by atoms with Gasteiger partial charge in [-0.2, -0.15) is 0 Å². The highest BCUT2D eigenvalue weighted by molar-refractivity contribution is 7.09. The van der Waals surface area contributed by atoms with Crippen LogP contribution in [0.4, 0.5) is 0 Å². The zero-order chi connectivity index (χ0) is 29.0. The first kappa shape index (κ1) is 29.7. The van der Waals surface area contributed by atoms with Crippen molar-refractivity contribution in [3.63, 3.8) is 0 Å². The van der Waals surface area contributed by atoms with Crippen LogP contribution in [0.15, 0.2) is 96.4 Å². The van der Waals surface area contributed by atoms with Gasteiger partial charge in [0.1, 0.15) is 0 Å². The fraction of sp³-hybridized carbons (Fsp3) is 0.333. The Morgan fingerprint density at radius 2 is 1.57 bits per heavy atom. The van der Waals surface area contributed by atoms with E-state index in [1.54, 1.807) is 11.3 Å². The molecule has 2 amide bonds. The van der Waals surface area contributed by atoms with Gasteiger partial charge in [-0.15, -0.1) is 11.3 Å². The van der Waals surface area contributed by atoms with Crippen molar-refractivity contribution in [3.8, 4) is 11.1 Å². The summed E-state index contributed by atoms with van der Waals surface area (Å²) in [4.78, 5) is 32.0. The Labute approximate surface area is 254 Å². The van der Waals surface area contributed by atoms with Crippen LogP contribution in [-0.4, -0.2) is 54.3 Å². The molecule has 1 aliphatic heterocycles. The molecule has 1 fully saturated rings. The molecular formula is C36H41N3O2S. The summed E-state index contributed by atoms with van der Waals surface area (Å²) in [7, 11) is 0. The molecule has 4 aromatic rings. The molecule has 5 rings (SSSR count). The molecule has 0 aliphatic carbocycles. The Kier molecular flexibility index (Phi) is 11.0. The second kappa shape index (κ2) is 15.5. The average molecular weight is 580 g/mol. The first-order valence-corrected chi connectivity index (χ1v) is 16.1. The molecule has 218 valence electrons. The number of benzene rings is 3. The minimum absolute atomic E-state index is 0.0342. The van der Waals surface area contributed by atoms with Crippen LogP contribution in [0.1, 0.15) is 52.0 Å². The van der Waals surface area contributed by atoms with Crippen LogP contribution in [0.5, 0.6) is 0 Å². The molecule has 1 aliphatic rings. The maximum Gasteiger partial charge on any atom is 0.251 e. The number of amides is 2. The van der Waals surface area contributed by atoms with Gasteiger partial charge in [0.15, 0.2) is 0 Å². The predicted molar refractivity (Wildman–Crippen MR) is 173 cm³/mol. The lowest BCUT2D eigenvalue weighted by molar-refractivity contribution is -0.131. The highest BCUT2D eigenvalue weighted by Crippen LogP contribution is 2.23. The van der Waals surface area contributed by atoms with E-state index < -0.39 is 0 Å². The van der Waals surface area contributed by atoms with Gasteiger partial charge in [-0.1, -0.05) is 66.7 Å². The molecule has 1 N–H and O–H groups in total. The fourth-order valence-corrected chi connectivity index (χ4v) is 6.28. The predicted octanol–water partition coefficient (Wildman–Crippen LogP) is 6.83. The number of carbonyl (C=O) groups is 2. The van der Waals surface area contributed by atoms with Crippen LogP contribution in [0.2, 0.25) is 0 Å². The monoisotopic (exact) mass is 579 g/mol. The molecule has 3 aromatic carbocycles. The molecule has 0 atom stereocenters. The standard InChI is InChI=1S/C36H41N3O2S/c40-35(18-7-12-29-10-2-1-3-11-29)39(23-19-34-17-9-25-42-34)28-30-13-6-14-31(26-30)32-15-8-16-33(27-32)36(41)37-20-24-38-21-4-5-22-38/h1-3,6,8-11,13-17,25-27H,4-5,7,12,18-24,28H2,(H,37,41). The van der Waals surface area contributed by atoms with E-state index in [0.29, 0.717) is 31.6 Å². The molecule has 0 bridgehead atoms. The molecule has 5 nitrogen and oxygen atoms in total. The molecule has 0 radical (unpaired) electrons. The van der Waals surface area contributed by atoms with Gasteiger partial charge < -0.3 is 15.1 Å². The number of hydrogen-bond donors (Lipinski definition) is 1. The second-order valence-electron chi connectivity index (χ2n) is 11.1. The number of nitrogens with one attached hydrogen (secondary N) is 1. The first-order chi connectivity index (χ1) is 20.6. The Hall–Kier alpha value is -3.74. The van der Waals surface area contributed by atoms with Crippen LogP contribution >= 0.6 is 11.3 Å². The van der Waals surface area contributed by atoms with Crippen LogP contribution < -0.4 is 5.32 Å². The van der Waals surface area contributed by atoms with E-state index in [9.17, 15) is 9.59 Å². The van der Waals surface area contributed by atoms with E-state index in [1.165, 1.54) is 23.3 Å². The lowest BCUT2D eigenvalue weighted by atomic mass is 10.0. The summed E-state index contributed by atoms with van der Waals surface area (Å²) in [5.74, 6) is 0.161. The summed E-state index contributed by atoms with van der Waals surface area (Å²) < 4.78 is 0. The number of nitrogens with zero attached hydrogens (tertiary/aromatic N) is 2. The minimum Gasteiger partial charge on any atom is -0.351 e. The second-order valence-corrected chi connectivity index (χ2v) is 12.1. The lowest BCUT2D eigenvalue weighted by Gasteiger charge is -2.23. The molecule has 42 heavy (non-hydrogen) atoms. The van der Waals surface area contributed by atoms with Gasteiger partial charge in [0, 0.05) is 43.0 Å². The van der Waals surface area contributed by atoms with Gasteiger partial charge in [0.2, 0.25) is 5.91 Å². The van der Waals surface area contributed by atoms with Crippen LogP contribution in [0.25, 0.3) is 11.1 Å². The van der Waals surface area contributed by atoms with E-state index in [0.717, 1.165) is 55.6 Å². The molecule has 0 unspecified atom stereocenters. The van der Waals surface area contributed by atoms with Crippen molar-refractivity contribution in [3.05, 3.63) is 118 Å². The number of hydrogen-bond acceptors (Lipinski definition) is 4. The summed E-state index contributed by atoms with van der Waals surface area (Å²) in [5.41, 5.74) is 5.09. The number of likely N-dealkylation sites (tertiary alicyclic amines) is 1. The number of carbonyl (C=O) groups excluding carboxylic acids is 2. The minimum atomic E-state index is -0.0342. The largest absolute Gasteiger partial charge is 0.351 e. The highest BCUT2D eigenvalue weighted by atomic mass is 32.1. The third-order valence-electron chi connectivity index (χ3n) is 7.93. The molecule has 0 saturated carbocycles. The van der Waals surface area contributed by atoms with Gasteiger partial charge in [-0.3, -0.25) is 9.59 Å². The van der Waals surface area contributed by atoms with Crippen molar-refractivity contribution in [2.24, 2.45) is 0 Å². The van der Waals surface area contributed by atoms with Crippen molar-refractivity contribution in [1.29, 1.82) is 0 Å². The summed E-state index contributed by atoms with van der Waals surface area (Å²) in [6.45, 7) is 5.10. The van der Waals surface area contributed by atoms with Crippen molar-refractivity contribution >= 4 is 23.2 Å². The number of aryl methyl sites for hydroxylation is 1. The van der Waals surface area contributed by atoms with Crippen molar-refractivity contribution in [1.82, 2.24) is 15.1 Å². The van der Waals surface area contributed by atoms with E-state index in [2.05, 4.69) is 70.2 Å². The van der Waals surface area contributed by atoms with E-state index in [-0.39, 0.29) is 11.8 Å². The molecule has 1 saturated heterocycles. The molecule has 1 aromatic heterocycles. The van der Waals surface area contributed by atoms with Crippen LogP contribution in [0.3, 0.4) is 0 Å². The topological polar surface area (TPSA) is 52.7 Å². The van der Waals surface area contributed by atoms with E-state index >= 15 is 0 Å². The Morgan fingerprint density at radius 3 is 2.36 bits per heavy atom. The van der Waals surface area contributed by atoms with Crippen molar-refractivity contribution in [2.45, 2.75) is 45.1 Å². The fourth-order valence-electron chi connectivity index (χ4n) is 5.58. The SMILES string of the molecule is O=C(NCCN1CCCC1)c1cccc(-c2cccc(CN(CCc3cccs3)C(=O)CCCc3ccccc3)c2)c1. The maximum absolute atomic E-state index is 13.4. The number of rotatable bonds is 14. The van der Waals surface area contributed by atoms with Gasteiger partial charge in [-0.25, -0.2) is 0 Å². The summed E-state index contributed by atoms with van der Waals surface area (Å²) in [5, 5.41) is 5.17. The van der Waals surface area contributed by atoms with Crippen molar-refractivity contribution in [2.75, 3.05) is 32.7 Å². The quantitative estimate of drug-likeness (QED) is 0.178. The van der Waals surface area contributed by atoms with Gasteiger partial charge in [0.05, 0.1) is 0 Å². The zero-order valence-corrected chi connectivity index (χ0v) is 25.2. The smallest absolute Gasteiger partial charge is 0.251 e. The van der Waals surface area contributed by atoms with Gasteiger partial charge in [-0.05, 0) is 97.1 Å². The van der Waals surface area contributed by atoms with Crippen LogP contribution in [-0.2, 0) is 24.2 Å². The van der Waals surface area contributed by atoms with Crippen molar-refractivity contribution < 1.29 is 9.59 Å². The summed E-state index contributed by atoms with van der Waals surface area (Å²) in [6.07, 6.45) is 5.65. The third-order valence-corrected chi connectivity index (χ3v) is 8.87. The Morgan fingerprint density at radius 1 is 0.810 bits per heavy atom. The lowest BCUT2D eigenvalue weighted by Crippen LogP contribution is -2.33. The maximum atomic E-state index is 13.4. The zero-order valence-electron chi connectivity index (χ0n) is 24.3. The third kappa shape index (κ3) is 8.88. The molecule has 0 spiro atoms. The van der Waals surface area contributed by atoms with Crippen LogP contribution in [0, 0.1) is 0 Å². The Bertz CT molecular complexity index is 1410. The normalized spacial score (nSPS) is 13.2. The summed E-state index contributed by atoms with van der Waals surface area (Å²) >= 11 is 1.74. The molecule has 6 heteroatoms. The first-order valence-electron chi connectivity index (χ1n) is 15.2. The van der Waals surface area contributed by atoms with E-state index in [1.807, 2.05) is 41.3 Å². The molecular weight excluding hydrogens is 538 g/mol. The summed E-state index contributed by atoms with van der Waals surface area (Å²) in [6, 6.07) is 30.8. The van der Waals surface area contributed by atoms with Gasteiger partial charge in [0.25, 0.3) is 5.91 Å². The number of thiophene rings is 1. The average Bonchev–Trinajstić information content (AvgIpc) is 3.75. The highest BCUT2D eigenvalue weighted by Gasteiger charge is 2.16.